The number of hydrogen-bond acceptors (Lipinski definition) is 4. The molecule has 1 amide bonds. The van der Waals surface area contributed by atoms with Crippen molar-refractivity contribution in [1.82, 2.24) is 15.3 Å². The van der Waals surface area contributed by atoms with Gasteiger partial charge in [-0.15, -0.1) is 0 Å². The molecule has 5 nitrogen and oxygen atoms in total. The minimum Gasteiger partial charge on any atom is -0.365 e. The standard InChI is InChI=1S/C19H17FN4O/c20-16-9-5-4-8-15(16)11-22-18-13-21-17(12-23-18)19(25)24-10-14-6-2-1-3-7-14/h1-9,12-13H,10-11H2,(H,22,23)(H,24,25). The molecule has 0 spiro atoms. The van der Waals surface area contributed by atoms with Crippen LogP contribution in [0.2, 0.25) is 0 Å². The quantitative estimate of drug-likeness (QED) is 0.726. The van der Waals surface area contributed by atoms with Crippen LogP contribution in [0, 0.1) is 5.82 Å². The summed E-state index contributed by atoms with van der Waals surface area (Å²) in [6, 6.07) is 16.1. The van der Waals surface area contributed by atoms with Gasteiger partial charge in [-0.05, 0) is 11.6 Å². The number of aromatic nitrogens is 2. The van der Waals surface area contributed by atoms with Crippen LogP contribution in [0.1, 0.15) is 21.6 Å². The Hall–Kier alpha value is -3.28. The highest BCUT2D eigenvalue weighted by molar-refractivity contribution is 5.91. The van der Waals surface area contributed by atoms with Gasteiger partial charge in [-0.3, -0.25) is 4.79 Å². The Bertz CT molecular complexity index is 838. The van der Waals surface area contributed by atoms with Gasteiger partial charge in [0.1, 0.15) is 17.3 Å². The highest BCUT2D eigenvalue weighted by Crippen LogP contribution is 2.09. The number of hydrogen-bond donors (Lipinski definition) is 2. The Morgan fingerprint density at radius 3 is 2.40 bits per heavy atom. The van der Waals surface area contributed by atoms with E-state index in [1.165, 1.54) is 18.5 Å². The lowest BCUT2D eigenvalue weighted by Gasteiger charge is -2.07. The summed E-state index contributed by atoms with van der Waals surface area (Å²) >= 11 is 0. The van der Waals surface area contributed by atoms with Gasteiger partial charge >= 0.3 is 0 Å². The lowest BCUT2D eigenvalue weighted by atomic mass is 10.2. The van der Waals surface area contributed by atoms with E-state index in [0.29, 0.717) is 24.5 Å². The summed E-state index contributed by atoms with van der Waals surface area (Å²) in [5, 5.41) is 5.77. The molecule has 0 fully saturated rings. The maximum Gasteiger partial charge on any atom is 0.271 e. The third-order valence-corrected chi connectivity index (χ3v) is 3.60. The first-order chi connectivity index (χ1) is 12.2. The smallest absolute Gasteiger partial charge is 0.271 e. The summed E-state index contributed by atoms with van der Waals surface area (Å²) in [6.45, 7) is 0.718. The van der Waals surface area contributed by atoms with Gasteiger partial charge in [0.15, 0.2) is 0 Å². The van der Waals surface area contributed by atoms with Crippen molar-refractivity contribution in [1.29, 1.82) is 0 Å². The molecular formula is C19H17FN4O. The molecule has 0 unspecified atom stereocenters. The number of anilines is 1. The zero-order valence-corrected chi connectivity index (χ0v) is 13.4. The van der Waals surface area contributed by atoms with Crippen molar-refractivity contribution in [3.63, 3.8) is 0 Å². The predicted molar refractivity (Wildman–Crippen MR) is 93.4 cm³/mol. The molecule has 1 heterocycles. The van der Waals surface area contributed by atoms with E-state index in [0.717, 1.165) is 5.56 Å². The Labute approximate surface area is 145 Å². The molecular weight excluding hydrogens is 319 g/mol. The first-order valence-electron chi connectivity index (χ1n) is 7.84. The zero-order chi connectivity index (χ0) is 17.5. The van der Waals surface area contributed by atoms with Gasteiger partial charge < -0.3 is 10.6 Å². The van der Waals surface area contributed by atoms with E-state index in [1.54, 1.807) is 18.2 Å². The fourth-order valence-electron chi connectivity index (χ4n) is 2.23. The van der Waals surface area contributed by atoms with E-state index >= 15 is 0 Å². The van der Waals surface area contributed by atoms with Crippen LogP contribution in [0.4, 0.5) is 10.2 Å². The van der Waals surface area contributed by atoms with Gasteiger partial charge in [-0.25, -0.2) is 14.4 Å². The molecule has 0 saturated heterocycles. The van der Waals surface area contributed by atoms with Crippen LogP contribution in [0.5, 0.6) is 0 Å². The van der Waals surface area contributed by atoms with Gasteiger partial charge in [-0.1, -0.05) is 48.5 Å². The molecule has 1 aromatic heterocycles. The molecule has 0 bridgehead atoms. The third kappa shape index (κ3) is 4.60. The van der Waals surface area contributed by atoms with E-state index in [-0.39, 0.29) is 17.4 Å². The van der Waals surface area contributed by atoms with E-state index in [4.69, 9.17) is 0 Å². The average molecular weight is 336 g/mol. The van der Waals surface area contributed by atoms with Crippen molar-refractivity contribution in [3.8, 4) is 0 Å². The Morgan fingerprint density at radius 1 is 0.920 bits per heavy atom. The lowest BCUT2D eigenvalue weighted by Crippen LogP contribution is -2.24. The summed E-state index contributed by atoms with van der Waals surface area (Å²) in [7, 11) is 0. The second-order valence-corrected chi connectivity index (χ2v) is 5.40. The van der Waals surface area contributed by atoms with Gasteiger partial charge in [0, 0.05) is 18.7 Å². The number of benzene rings is 2. The molecule has 0 saturated carbocycles. The number of nitrogens with one attached hydrogen (secondary N) is 2. The average Bonchev–Trinajstić information content (AvgIpc) is 2.67. The van der Waals surface area contributed by atoms with Crippen LogP contribution in [-0.2, 0) is 13.1 Å². The molecule has 3 rings (SSSR count). The number of halogens is 1. The SMILES string of the molecule is O=C(NCc1ccccc1)c1cnc(NCc2ccccc2F)cn1. The molecule has 25 heavy (non-hydrogen) atoms. The second kappa shape index (κ2) is 8.01. The monoisotopic (exact) mass is 336 g/mol. The topological polar surface area (TPSA) is 66.9 Å². The molecule has 126 valence electrons. The van der Waals surface area contributed by atoms with Crippen LogP contribution in [0.15, 0.2) is 67.0 Å². The van der Waals surface area contributed by atoms with Crippen molar-refractivity contribution >= 4 is 11.7 Å². The molecule has 2 aromatic carbocycles. The molecule has 0 radical (unpaired) electrons. The van der Waals surface area contributed by atoms with Crippen molar-refractivity contribution in [2.24, 2.45) is 0 Å². The lowest BCUT2D eigenvalue weighted by molar-refractivity contribution is 0.0945. The van der Waals surface area contributed by atoms with Crippen LogP contribution >= 0.6 is 0 Å². The Kier molecular flexibility index (Phi) is 5.31. The largest absolute Gasteiger partial charge is 0.365 e. The molecule has 6 heteroatoms. The van der Waals surface area contributed by atoms with Gasteiger partial charge in [-0.2, -0.15) is 0 Å². The van der Waals surface area contributed by atoms with Crippen molar-refractivity contribution in [3.05, 3.63) is 89.6 Å². The van der Waals surface area contributed by atoms with E-state index in [9.17, 15) is 9.18 Å². The fourth-order valence-corrected chi connectivity index (χ4v) is 2.23. The van der Waals surface area contributed by atoms with Gasteiger partial charge in [0.2, 0.25) is 0 Å². The normalized spacial score (nSPS) is 10.3. The van der Waals surface area contributed by atoms with Crippen molar-refractivity contribution in [2.75, 3.05) is 5.32 Å². The van der Waals surface area contributed by atoms with E-state index in [2.05, 4.69) is 20.6 Å². The first-order valence-corrected chi connectivity index (χ1v) is 7.84. The van der Waals surface area contributed by atoms with Crippen LogP contribution in [0.3, 0.4) is 0 Å². The van der Waals surface area contributed by atoms with E-state index < -0.39 is 0 Å². The van der Waals surface area contributed by atoms with Crippen LogP contribution in [0.25, 0.3) is 0 Å². The summed E-state index contributed by atoms with van der Waals surface area (Å²) in [4.78, 5) is 20.3. The number of amides is 1. The third-order valence-electron chi connectivity index (χ3n) is 3.60. The molecule has 2 N–H and O–H groups in total. The van der Waals surface area contributed by atoms with Crippen molar-refractivity contribution < 1.29 is 9.18 Å². The summed E-state index contributed by atoms with van der Waals surface area (Å²) in [6.07, 6.45) is 2.85. The summed E-state index contributed by atoms with van der Waals surface area (Å²) < 4.78 is 13.6. The maximum atomic E-state index is 13.6. The van der Waals surface area contributed by atoms with Gasteiger partial charge in [0.25, 0.3) is 5.91 Å². The van der Waals surface area contributed by atoms with Gasteiger partial charge in [0.05, 0.1) is 12.4 Å². The zero-order valence-electron chi connectivity index (χ0n) is 13.4. The minimum absolute atomic E-state index is 0.229. The highest BCUT2D eigenvalue weighted by atomic mass is 19.1. The second-order valence-electron chi connectivity index (χ2n) is 5.40. The highest BCUT2D eigenvalue weighted by Gasteiger charge is 2.08. The summed E-state index contributed by atoms with van der Waals surface area (Å²) in [5.74, 6) is -0.0975. The van der Waals surface area contributed by atoms with Crippen LogP contribution < -0.4 is 10.6 Å². The number of rotatable bonds is 6. The first kappa shape index (κ1) is 16.6. The Morgan fingerprint density at radius 2 is 1.68 bits per heavy atom. The maximum absolute atomic E-state index is 13.6. The number of carbonyl (C=O) groups is 1. The number of nitrogens with zero attached hydrogens (tertiary/aromatic N) is 2. The van der Waals surface area contributed by atoms with Crippen LogP contribution in [-0.4, -0.2) is 15.9 Å². The molecule has 0 aliphatic rings. The Balaban J connectivity index is 1.54. The van der Waals surface area contributed by atoms with E-state index in [1.807, 2.05) is 30.3 Å². The molecule has 0 aliphatic heterocycles. The number of carbonyl (C=O) groups excluding carboxylic acids is 1. The molecule has 3 aromatic rings. The summed E-state index contributed by atoms with van der Waals surface area (Å²) in [5.41, 5.74) is 1.77. The predicted octanol–water partition coefficient (Wildman–Crippen LogP) is 3.16. The molecule has 0 aliphatic carbocycles. The van der Waals surface area contributed by atoms with Crippen molar-refractivity contribution in [2.45, 2.75) is 13.1 Å². The fraction of sp³-hybridized carbons (Fsp3) is 0.105. The molecule has 0 atom stereocenters. The minimum atomic E-state index is -0.294.